The first-order chi connectivity index (χ1) is 18.8. The number of nitrogens with zero attached hydrogens (tertiary/aromatic N) is 5. The van der Waals surface area contributed by atoms with E-state index < -0.39 is 39.8 Å². The largest absolute Gasteiger partial charge is 0.417 e. The Balaban J connectivity index is 0.00000192. The van der Waals surface area contributed by atoms with E-state index in [0.717, 1.165) is 12.3 Å². The summed E-state index contributed by atoms with van der Waals surface area (Å²) in [6.45, 7) is 6.07. The molecule has 1 N–H and O–H groups in total. The van der Waals surface area contributed by atoms with Crippen LogP contribution in [0.15, 0.2) is 36.8 Å². The molecule has 1 saturated heterocycles. The van der Waals surface area contributed by atoms with Gasteiger partial charge in [-0.2, -0.15) is 17.5 Å². The van der Waals surface area contributed by atoms with Crippen LogP contribution >= 0.6 is 0 Å². The third-order valence-corrected chi connectivity index (χ3v) is 8.24. The molecule has 40 heavy (non-hydrogen) atoms. The molecule has 0 spiro atoms. The number of sulfonamides is 1. The summed E-state index contributed by atoms with van der Waals surface area (Å²) in [6.07, 6.45) is -1.15. The lowest BCUT2D eigenvalue weighted by Gasteiger charge is -2.18. The predicted octanol–water partition coefficient (Wildman–Crippen LogP) is 3.34. The van der Waals surface area contributed by atoms with Crippen LogP contribution in [0.2, 0.25) is 0 Å². The van der Waals surface area contributed by atoms with E-state index >= 15 is 0 Å². The van der Waals surface area contributed by atoms with Crippen LogP contribution < -0.4 is 5.32 Å². The highest BCUT2D eigenvalue weighted by molar-refractivity contribution is 7.89. The van der Waals surface area contributed by atoms with Crippen molar-refractivity contribution in [2.45, 2.75) is 39.1 Å². The van der Waals surface area contributed by atoms with Gasteiger partial charge in [-0.1, -0.05) is 13.8 Å². The van der Waals surface area contributed by atoms with Gasteiger partial charge in [0.1, 0.15) is 11.5 Å². The summed E-state index contributed by atoms with van der Waals surface area (Å²) in [5.41, 5.74) is 0.0532. The molecule has 0 bridgehead atoms. The molecule has 0 radical (unpaired) electrons. The van der Waals surface area contributed by atoms with Crippen LogP contribution in [0.1, 0.15) is 36.9 Å². The first-order valence-corrected chi connectivity index (χ1v) is 14.4. The van der Waals surface area contributed by atoms with E-state index in [0.29, 0.717) is 28.8 Å². The number of aryl methyl sites for hydroxylation is 1. The van der Waals surface area contributed by atoms with Crippen molar-refractivity contribution in [3.63, 3.8) is 0 Å². The van der Waals surface area contributed by atoms with E-state index in [1.54, 1.807) is 35.8 Å². The fraction of sp³-hybridized carbons (Fsp3) is 0.500. The van der Waals surface area contributed by atoms with Gasteiger partial charge in [0.2, 0.25) is 10.0 Å². The molecule has 14 heteroatoms. The Labute approximate surface area is 233 Å². The van der Waals surface area contributed by atoms with E-state index in [9.17, 15) is 26.4 Å². The van der Waals surface area contributed by atoms with Crippen LogP contribution in [-0.4, -0.2) is 96.8 Å². The topological polar surface area (TPSA) is 110 Å². The van der Waals surface area contributed by atoms with E-state index in [2.05, 4.69) is 15.3 Å². The minimum atomic E-state index is -4.51. The summed E-state index contributed by atoms with van der Waals surface area (Å²) in [4.78, 5) is 23.1. The molecule has 2 atom stereocenters. The number of carbonyl (C=O) groups excluding carboxylic acids is 1. The lowest BCUT2D eigenvalue weighted by molar-refractivity contribution is -0.137. The highest BCUT2D eigenvalue weighted by Gasteiger charge is 2.40. The van der Waals surface area contributed by atoms with E-state index in [4.69, 9.17) is 4.74 Å². The Bertz CT molecular complexity index is 1450. The summed E-state index contributed by atoms with van der Waals surface area (Å²) >= 11 is 0. The number of aromatic nitrogens is 3. The van der Waals surface area contributed by atoms with Gasteiger partial charge in [-0.15, -0.1) is 0 Å². The van der Waals surface area contributed by atoms with Gasteiger partial charge in [0.25, 0.3) is 5.91 Å². The van der Waals surface area contributed by atoms with Crippen molar-refractivity contribution in [2.75, 3.05) is 46.6 Å². The predicted molar refractivity (Wildman–Crippen MR) is 148 cm³/mol. The first kappa shape index (κ1) is 31.5. The molecule has 10 nitrogen and oxygen atoms in total. The summed E-state index contributed by atoms with van der Waals surface area (Å²) in [7, 11) is 1.49. The van der Waals surface area contributed by atoms with E-state index in [1.165, 1.54) is 30.6 Å². The molecule has 3 aromatic heterocycles. The van der Waals surface area contributed by atoms with Crippen molar-refractivity contribution in [2.24, 2.45) is 0 Å². The van der Waals surface area contributed by atoms with Gasteiger partial charge in [0, 0.05) is 52.1 Å². The van der Waals surface area contributed by atoms with Gasteiger partial charge >= 0.3 is 6.18 Å². The number of halogens is 3. The smallest absolute Gasteiger partial charge is 0.378 e. The molecule has 1 fully saturated rings. The Kier molecular flexibility index (Phi) is 9.93. The average molecular weight is 587 g/mol. The van der Waals surface area contributed by atoms with Crippen molar-refractivity contribution in [3.05, 3.63) is 53.6 Å². The van der Waals surface area contributed by atoms with Gasteiger partial charge in [-0.3, -0.25) is 9.78 Å². The molecular weight excluding hydrogens is 549 g/mol. The second kappa shape index (κ2) is 12.6. The quantitative estimate of drug-likeness (QED) is 0.431. The number of amides is 1. The van der Waals surface area contributed by atoms with Crippen molar-refractivity contribution in [1.29, 1.82) is 0 Å². The second-order valence-corrected chi connectivity index (χ2v) is 11.6. The van der Waals surface area contributed by atoms with Crippen molar-refractivity contribution < 1.29 is 32.5 Å². The molecule has 4 heterocycles. The molecule has 0 aromatic carbocycles. The maximum atomic E-state index is 13.1. The number of hydrogen-bond acceptors (Lipinski definition) is 7. The third-order valence-electron chi connectivity index (χ3n) is 6.46. The Morgan fingerprint density at radius 1 is 1.20 bits per heavy atom. The molecule has 1 amide bonds. The zero-order valence-corrected chi connectivity index (χ0v) is 24.2. The Morgan fingerprint density at radius 3 is 2.50 bits per heavy atom. The molecule has 0 aliphatic carbocycles. The lowest BCUT2D eigenvalue weighted by Crippen LogP contribution is -2.44. The number of pyridine rings is 2. The zero-order valence-electron chi connectivity index (χ0n) is 23.4. The summed E-state index contributed by atoms with van der Waals surface area (Å²) in [5.74, 6) is -0.292. The number of hydrogen-bond donors (Lipinski definition) is 1. The maximum absolute atomic E-state index is 13.1. The fourth-order valence-electron chi connectivity index (χ4n) is 4.32. The van der Waals surface area contributed by atoms with Crippen molar-refractivity contribution in [3.8, 4) is 5.82 Å². The molecule has 3 aromatic rings. The van der Waals surface area contributed by atoms with Crippen LogP contribution in [0.3, 0.4) is 0 Å². The summed E-state index contributed by atoms with van der Waals surface area (Å²) in [5, 5.41) is 3.49. The maximum Gasteiger partial charge on any atom is 0.417 e. The van der Waals surface area contributed by atoms with Gasteiger partial charge < -0.3 is 19.5 Å². The van der Waals surface area contributed by atoms with Crippen LogP contribution in [0.4, 0.5) is 13.2 Å². The van der Waals surface area contributed by atoms with Crippen LogP contribution in [0.25, 0.3) is 16.7 Å². The molecule has 0 saturated carbocycles. The number of fused-ring (bicyclic) bond motifs is 1. The SMILES string of the molecule is CC.CO[C@@H]1CN(S(=O)(=O)CCN(C)C)C[C@H]1NC(=O)c1cc2c(ccn2-c2ncc(C(F)(F)F)cc2C)cn1.[HH]. The van der Waals surface area contributed by atoms with Crippen LogP contribution in [0, 0.1) is 6.92 Å². The lowest BCUT2D eigenvalue weighted by atomic mass is 10.2. The molecule has 1 aliphatic rings. The monoisotopic (exact) mass is 586 g/mol. The number of ether oxygens (including phenoxy) is 1. The number of nitrogens with one attached hydrogen (secondary N) is 1. The minimum absolute atomic E-state index is 0. The summed E-state index contributed by atoms with van der Waals surface area (Å²) in [6, 6.07) is 3.67. The standard InChI is InChI=1S/C24H29F3N6O4S.C2H6.H2/c1-15-9-17(24(25,26)27)12-29-22(15)33-6-5-16-11-28-18(10-20(16)33)23(34)30-19-13-32(14-21(19)37-4)38(35,36)8-7-31(2)3;1-2;/h5-6,9-12,19,21H,7-8,13-14H2,1-4H3,(H,30,34);1-2H3;1H/t19-,21-;;/m1../s1. The molecule has 1 aliphatic heterocycles. The van der Waals surface area contributed by atoms with Gasteiger partial charge in [0.05, 0.1) is 29.0 Å². The highest BCUT2D eigenvalue weighted by Crippen LogP contribution is 2.31. The van der Waals surface area contributed by atoms with Crippen LogP contribution in [-0.2, 0) is 20.9 Å². The Hall–Kier alpha value is -3.07. The van der Waals surface area contributed by atoms with Crippen LogP contribution in [0.5, 0.6) is 0 Å². The van der Waals surface area contributed by atoms with E-state index in [1.807, 2.05) is 13.8 Å². The normalized spacial score (nSPS) is 18.1. The second-order valence-electron chi connectivity index (χ2n) is 9.47. The fourth-order valence-corrected chi connectivity index (χ4v) is 5.94. The number of alkyl halides is 3. The van der Waals surface area contributed by atoms with Gasteiger partial charge in [-0.25, -0.2) is 13.4 Å². The van der Waals surface area contributed by atoms with Gasteiger partial charge in [0.15, 0.2) is 0 Å². The van der Waals surface area contributed by atoms with Crippen molar-refractivity contribution in [1.82, 2.24) is 29.1 Å². The third kappa shape index (κ3) is 6.97. The number of rotatable bonds is 8. The van der Waals surface area contributed by atoms with Gasteiger partial charge in [-0.05, 0) is 44.8 Å². The Morgan fingerprint density at radius 2 is 1.90 bits per heavy atom. The molecule has 4 rings (SSSR count). The van der Waals surface area contributed by atoms with Crippen molar-refractivity contribution >= 4 is 26.8 Å². The number of carbonyl (C=O) groups is 1. The molecule has 222 valence electrons. The zero-order chi connectivity index (χ0) is 29.8. The minimum Gasteiger partial charge on any atom is -0.378 e. The molecular formula is C26H37F3N6O4S. The molecule has 0 unspecified atom stereocenters. The van der Waals surface area contributed by atoms with E-state index in [-0.39, 0.29) is 26.0 Å². The average Bonchev–Trinajstić information content (AvgIpc) is 3.52. The first-order valence-electron chi connectivity index (χ1n) is 12.8. The number of methoxy groups -OCH3 is 1. The summed E-state index contributed by atoms with van der Waals surface area (Å²) < 4.78 is 73.0. The highest BCUT2D eigenvalue weighted by atomic mass is 32.2.